The van der Waals surface area contributed by atoms with Crippen molar-refractivity contribution in [3.8, 4) is 58.0 Å². The molecular weight excluding hydrogens is 560 g/mol. The lowest BCUT2D eigenvalue weighted by molar-refractivity contribution is 0.0682. The molecule has 3 heterocycles. The van der Waals surface area contributed by atoms with Crippen molar-refractivity contribution in [1.82, 2.24) is 40.3 Å². The number of pyridine rings is 1. The second-order valence-electron chi connectivity index (χ2n) is 8.95. The molecule has 0 atom stereocenters. The van der Waals surface area contributed by atoms with Crippen LogP contribution >= 0.6 is 0 Å². The number of hydrogen-bond acceptors (Lipinski definition) is 10. The zero-order chi connectivity index (χ0) is 30.7. The van der Waals surface area contributed by atoms with Crippen LogP contribution in [0.15, 0.2) is 60.9 Å². The predicted octanol–water partition coefficient (Wildman–Crippen LogP) is 2.14. The second kappa shape index (κ2) is 11.5. The number of carboxylic acids is 2. The van der Waals surface area contributed by atoms with Gasteiger partial charge in [-0.1, -0.05) is 10.4 Å². The number of aromatic nitrogens is 7. The van der Waals surface area contributed by atoms with E-state index in [9.17, 15) is 24.6 Å². The van der Waals surface area contributed by atoms with Crippen molar-refractivity contribution in [3.63, 3.8) is 0 Å². The van der Waals surface area contributed by atoms with E-state index in [1.54, 1.807) is 0 Å². The molecule has 15 nitrogen and oxygen atoms in total. The number of nitrogens with one attached hydrogen (secondary N) is 1. The Balaban J connectivity index is 1.53. The highest BCUT2D eigenvalue weighted by Gasteiger charge is 2.18. The van der Waals surface area contributed by atoms with Gasteiger partial charge < -0.3 is 25.7 Å². The standard InChI is InChI=1S/C28H20N8O7/c1-2-3-8-29-26(39)15-9-20(22-13-35(33-31-22)16-4-6-18(27(40)41)24(37)11-16)30-21(10-15)23-14-36(34-32-23)17-5-7-19(28(42)43)25(38)12-17/h1,4-7,9-14,37-38H,3,8H2,(H,29,39)(H,40,41)(H,42,43). The number of benzene rings is 2. The first kappa shape index (κ1) is 28.0. The van der Waals surface area contributed by atoms with E-state index in [-0.39, 0.29) is 46.0 Å². The van der Waals surface area contributed by atoms with Crippen molar-refractivity contribution in [2.75, 3.05) is 6.54 Å². The molecular formula is C28H20N8O7. The smallest absolute Gasteiger partial charge is 0.339 e. The molecule has 43 heavy (non-hydrogen) atoms. The summed E-state index contributed by atoms with van der Waals surface area (Å²) in [5, 5.41) is 57.5. The van der Waals surface area contributed by atoms with Crippen molar-refractivity contribution >= 4 is 17.8 Å². The first-order valence-corrected chi connectivity index (χ1v) is 12.4. The fourth-order valence-electron chi connectivity index (χ4n) is 3.98. The highest BCUT2D eigenvalue weighted by atomic mass is 16.4. The molecule has 3 aromatic heterocycles. The Labute approximate surface area is 241 Å². The van der Waals surface area contributed by atoms with Gasteiger partial charge >= 0.3 is 11.9 Å². The fourth-order valence-corrected chi connectivity index (χ4v) is 3.98. The highest BCUT2D eigenvalue weighted by molar-refractivity contribution is 5.96. The number of hydrogen-bond donors (Lipinski definition) is 5. The topological polar surface area (TPSA) is 218 Å². The fraction of sp³-hybridized carbons (Fsp3) is 0.0714. The number of terminal acetylenes is 1. The van der Waals surface area contributed by atoms with E-state index in [2.05, 4.69) is 36.8 Å². The highest BCUT2D eigenvalue weighted by Crippen LogP contribution is 2.26. The van der Waals surface area contributed by atoms with Gasteiger partial charge in [0.25, 0.3) is 5.91 Å². The molecule has 0 spiro atoms. The molecule has 0 saturated heterocycles. The van der Waals surface area contributed by atoms with Crippen LogP contribution in [-0.4, -0.2) is 79.8 Å². The van der Waals surface area contributed by atoms with Crippen LogP contribution in [0.2, 0.25) is 0 Å². The van der Waals surface area contributed by atoms with Gasteiger partial charge in [0.1, 0.15) is 34.0 Å². The number of phenols is 2. The van der Waals surface area contributed by atoms with Crippen molar-refractivity contribution < 1.29 is 34.8 Å². The van der Waals surface area contributed by atoms with Crippen LogP contribution in [0.3, 0.4) is 0 Å². The zero-order valence-corrected chi connectivity index (χ0v) is 21.9. The third-order valence-electron chi connectivity index (χ3n) is 6.11. The molecule has 5 rings (SSSR count). The third-order valence-corrected chi connectivity index (χ3v) is 6.11. The molecule has 1 amide bonds. The van der Waals surface area contributed by atoms with E-state index in [4.69, 9.17) is 16.6 Å². The predicted molar refractivity (Wildman–Crippen MR) is 148 cm³/mol. The van der Waals surface area contributed by atoms with Crippen LogP contribution in [-0.2, 0) is 0 Å². The molecule has 0 unspecified atom stereocenters. The van der Waals surface area contributed by atoms with Crippen molar-refractivity contribution in [3.05, 3.63) is 77.6 Å². The number of rotatable bonds is 9. The first-order chi connectivity index (χ1) is 20.6. The van der Waals surface area contributed by atoms with E-state index in [0.29, 0.717) is 17.8 Å². The first-order valence-electron chi connectivity index (χ1n) is 12.4. The Bertz CT molecular complexity index is 1820. The second-order valence-corrected chi connectivity index (χ2v) is 8.95. The van der Waals surface area contributed by atoms with E-state index >= 15 is 0 Å². The number of carbonyl (C=O) groups is 3. The van der Waals surface area contributed by atoms with Gasteiger partial charge in [0.15, 0.2) is 0 Å². The van der Waals surface area contributed by atoms with Crippen LogP contribution in [0.4, 0.5) is 0 Å². The normalized spacial score (nSPS) is 10.7. The van der Waals surface area contributed by atoms with Crippen molar-refractivity contribution in [2.45, 2.75) is 6.42 Å². The quantitative estimate of drug-likeness (QED) is 0.125. The van der Waals surface area contributed by atoms with E-state index in [0.717, 1.165) is 0 Å². The average Bonchev–Trinajstić information content (AvgIpc) is 3.68. The largest absolute Gasteiger partial charge is 0.507 e. The van der Waals surface area contributed by atoms with Crippen LogP contribution < -0.4 is 5.32 Å². The van der Waals surface area contributed by atoms with Crippen LogP contribution in [0.5, 0.6) is 11.5 Å². The summed E-state index contributed by atoms with van der Waals surface area (Å²) in [5.41, 5.74) is 1.24. The molecule has 0 aliphatic carbocycles. The number of amides is 1. The number of aromatic hydroxyl groups is 2. The molecule has 0 radical (unpaired) electrons. The van der Waals surface area contributed by atoms with Gasteiger partial charge in [-0.25, -0.2) is 23.9 Å². The van der Waals surface area contributed by atoms with Gasteiger partial charge in [0.05, 0.1) is 35.2 Å². The maximum absolute atomic E-state index is 12.9. The van der Waals surface area contributed by atoms with Crippen LogP contribution in [0.1, 0.15) is 37.5 Å². The monoisotopic (exact) mass is 580 g/mol. The van der Waals surface area contributed by atoms with E-state index in [1.807, 2.05) is 0 Å². The van der Waals surface area contributed by atoms with Gasteiger partial charge in [-0.05, 0) is 36.4 Å². The summed E-state index contributed by atoms with van der Waals surface area (Å²) in [6, 6.07) is 10.7. The lowest BCUT2D eigenvalue weighted by Gasteiger charge is -2.07. The van der Waals surface area contributed by atoms with Gasteiger partial charge in [0.2, 0.25) is 0 Å². The van der Waals surface area contributed by atoms with Crippen LogP contribution in [0, 0.1) is 12.3 Å². The minimum atomic E-state index is -1.29. The molecule has 0 aliphatic heterocycles. The molecule has 2 aromatic carbocycles. The molecule has 0 saturated carbocycles. The molecule has 0 aliphatic rings. The van der Waals surface area contributed by atoms with Crippen molar-refractivity contribution in [2.24, 2.45) is 0 Å². The molecule has 0 fully saturated rings. The lowest BCUT2D eigenvalue weighted by atomic mass is 10.1. The Morgan fingerprint density at radius 3 is 1.67 bits per heavy atom. The minimum Gasteiger partial charge on any atom is -0.507 e. The van der Waals surface area contributed by atoms with Gasteiger partial charge in [-0.15, -0.1) is 22.5 Å². The number of aromatic carboxylic acids is 2. The summed E-state index contributed by atoms with van der Waals surface area (Å²) >= 11 is 0. The maximum Gasteiger partial charge on any atom is 0.339 e. The maximum atomic E-state index is 12.9. The lowest BCUT2D eigenvalue weighted by Crippen LogP contribution is -2.24. The summed E-state index contributed by atoms with van der Waals surface area (Å²) in [4.78, 5) is 40.0. The van der Waals surface area contributed by atoms with Crippen molar-refractivity contribution in [1.29, 1.82) is 0 Å². The van der Waals surface area contributed by atoms with Gasteiger partial charge in [-0.3, -0.25) is 4.79 Å². The third kappa shape index (κ3) is 5.83. The molecule has 5 N–H and O–H groups in total. The molecule has 15 heteroatoms. The van der Waals surface area contributed by atoms with E-state index in [1.165, 1.54) is 70.3 Å². The number of carbonyl (C=O) groups excluding carboxylic acids is 1. The number of nitrogens with zero attached hydrogens (tertiary/aromatic N) is 7. The summed E-state index contributed by atoms with van der Waals surface area (Å²) in [5.74, 6) is -1.49. The summed E-state index contributed by atoms with van der Waals surface area (Å²) in [6.07, 6.45) is 8.56. The Hall–Kier alpha value is -6.56. The number of carboxylic acid groups (broad SMARTS) is 2. The Morgan fingerprint density at radius 2 is 1.26 bits per heavy atom. The Morgan fingerprint density at radius 1 is 0.767 bits per heavy atom. The molecule has 0 bridgehead atoms. The Kier molecular flexibility index (Phi) is 7.49. The van der Waals surface area contributed by atoms with E-state index < -0.39 is 29.3 Å². The average molecular weight is 581 g/mol. The van der Waals surface area contributed by atoms with Gasteiger partial charge in [-0.2, -0.15) is 0 Å². The SMILES string of the molecule is C#CCCNC(=O)c1cc(-c2cn(-c3ccc(C(=O)O)c(O)c3)nn2)nc(-c2cn(-c3ccc(C(=O)O)c(O)c3)nn2)c1. The molecule has 214 valence electrons. The summed E-state index contributed by atoms with van der Waals surface area (Å²) in [7, 11) is 0. The summed E-state index contributed by atoms with van der Waals surface area (Å²) < 4.78 is 2.59. The summed E-state index contributed by atoms with van der Waals surface area (Å²) in [6.45, 7) is 0.236. The van der Waals surface area contributed by atoms with Gasteiger partial charge in [0, 0.05) is 30.7 Å². The molecule has 5 aromatic rings. The minimum absolute atomic E-state index is 0.202. The van der Waals surface area contributed by atoms with Crippen LogP contribution in [0.25, 0.3) is 34.2 Å². The zero-order valence-electron chi connectivity index (χ0n) is 21.9.